The van der Waals surface area contributed by atoms with Crippen LogP contribution in [0, 0.1) is 12.5 Å². The number of hydrogen-bond donors (Lipinski definition) is 1. The third-order valence-corrected chi connectivity index (χ3v) is 7.42. The maximum absolute atomic E-state index is 12.8. The van der Waals surface area contributed by atoms with Crippen LogP contribution in [0.3, 0.4) is 0 Å². The highest BCUT2D eigenvalue weighted by Crippen LogP contribution is 2.34. The highest BCUT2D eigenvalue weighted by molar-refractivity contribution is 9.10. The summed E-state index contributed by atoms with van der Waals surface area (Å²) in [5.74, 6) is 1.08. The molecule has 37 heavy (non-hydrogen) atoms. The molecule has 3 aromatic carbocycles. The molecule has 0 bridgehead atoms. The van der Waals surface area contributed by atoms with Crippen molar-refractivity contribution < 1.29 is 9.21 Å². The SMILES string of the molecule is [C-]#[N+]c1cc(C(C)C)c2oc(-c3ccc(C(=O)NCC4CCN(Cc5ccc(Br)cc5)C4)cc3)nc2c1. The van der Waals surface area contributed by atoms with E-state index in [1.54, 1.807) is 6.07 Å². The van der Waals surface area contributed by atoms with E-state index in [1.807, 2.05) is 30.3 Å². The summed E-state index contributed by atoms with van der Waals surface area (Å²) < 4.78 is 7.19. The molecule has 188 valence electrons. The van der Waals surface area contributed by atoms with Crippen LogP contribution in [-0.2, 0) is 6.54 Å². The maximum atomic E-state index is 12.8. The van der Waals surface area contributed by atoms with Gasteiger partial charge >= 0.3 is 0 Å². The molecule has 1 aromatic heterocycles. The van der Waals surface area contributed by atoms with E-state index in [0.717, 1.165) is 41.7 Å². The minimum Gasteiger partial charge on any atom is -0.436 e. The van der Waals surface area contributed by atoms with Crippen molar-refractivity contribution in [3.63, 3.8) is 0 Å². The van der Waals surface area contributed by atoms with E-state index in [-0.39, 0.29) is 11.8 Å². The number of nitrogens with zero attached hydrogens (tertiary/aromatic N) is 3. The molecule has 1 saturated heterocycles. The first-order chi connectivity index (χ1) is 17.9. The molecule has 1 amide bonds. The first kappa shape index (κ1) is 25.2. The van der Waals surface area contributed by atoms with Crippen LogP contribution in [0.2, 0.25) is 0 Å². The molecule has 0 aliphatic carbocycles. The number of likely N-dealkylation sites (tertiary alicyclic amines) is 1. The molecule has 1 N–H and O–H groups in total. The Morgan fingerprint density at radius 3 is 2.65 bits per heavy atom. The molecule has 1 aliphatic heterocycles. The van der Waals surface area contributed by atoms with Crippen molar-refractivity contribution in [2.75, 3.05) is 19.6 Å². The summed E-state index contributed by atoms with van der Waals surface area (Å²) in [5.41, 5.74) is 5.64. The fourth-order valence-electron chi connectivity index (χ4n) is 4.83. The molecule has 1 fully saturated rings. The summed E-state index contributed by atoms with van der Waals surface area (Å²) in [6, 6.07) is 19.4. The van der Waals surface area contributed by atoms with Gasteiger partial charge in [0.2, 0.25) is 5.89 Å². The number of carbonyl (C=O) groups excluding carboxylic acids is 1. The number of hydrogen-bond acceptors (Lipinski definition) is 4. The standard InChI is InChI=1S/C30H29BrN4O2/c1-19(2)26-14-25(32-3)15-27-28(26)37-30(34-27)23-8-6-22(7-9-23)29(36)33-16-21-12-13-35(18-21)17-20-4-10-24(31)11-5-20/h4-11,14-15,19,21H,12-13,16-18H2,1-2H3,(H,33,36). The third-order valence-electron chi connectivity index (χ3n) is 6.89. The van der Waals surface area contributed by atoms with Gasteiger partial charge in [-0.05, 0) is 84.5 Å². The van der Waals surface area contributed by atoms with Gasteiger partial charge in [0.1, 0.15) is 0 Å². The van der Waals surface area contributed by atoms with E-state index >= 15 is 0 Å². The molecule has 0 radical (unpaired) electrons. The van der Waals surface area contributed by atoms with Gasteiger partial charge in [-0.15, -0.1) is 0 Å². The van der Waals surface area contributed by atoms with Crippen molar-refractivity contribution >= 4 is 38.6 Å². The average Bonchev–Trinajstić information content (AvgIpc) is 3.54. The molecule has 0 spiro atoms. The lowest BCUT2D eigenvalue weighted by atomic mass is 10.0. The molecule has 1 aliphatic rings. The molecule has 5 rings (SSSR count). The van der Waals surface area contributed by atoms with E-state index in [0.29, 0.717) is 40.7 Å². The maximum Gasteiger partial charge on any atom is 0.251 e. The summed E-state index contributed by atoms with van der Waals surface area (Å²) in [5, 5.41) is 3.11. The van der Waals surface area contributed by atoms with Crippen molar-refractivity contribution in [3.8, 4) is 11.5 Å². The van der Waals surface area contributed by atoms with Gasteiger partial charge in [-0.2, -0.15) is 0 Å². The zero-order valence-corrected chi connectivity index (χ0v) is 22.6. The monoisotopic (exact) mass is 556 g/mol. The van der Waals surface area contributed by atoms with E-state index in [1.165, 1.54) is 5.56 Å². The van der Waals surface area contributed by atoms with E-state index < -0.39 is 0 Å². The molecule has 1 unspecified atom stereocenters. The van der Waals surface area contributed by atoms with Gasteiger partial charge < -0.3 is 9.73 Å². The summed E-state index contributed by atoms with van der Waals surface area (Å²) in [6.07, 6.45) is 1.08. The second kappa shape index (κ2) is 10.9. The number of nitrogens with one attached hydrogen (secondary N) is 1. The van der Waals surface area contributed by atoms with Crippen molar-refractivity contribution in [2.45, 2.75) is 32.7 Å². The lowest BCUT2D eigenvalue weighted by Gasteiger charge is -2.16. The Morgan fingerprint density at radius 2 is 1.95 bits per heavy atom. The van der Waals surface area contributed by atoms with Gasteiger partial charge in [0.25, 0.3) is 5.91 Å². The Bertz CT molecular complexity index is 1450. The lowest BCUT2D eigenvalue weighted by Crippen LogP contribution is -2.30. The second-order valence-electron chi connectivity index (χ2n) is 9.97. The first-order valence-electron chi connectivity index (χ1n) is 12.6. The molecule has 1 atom stereocenters. The van der Waals surface area contributed by atoms with Crippen LogP contribution in [0.5, 0.6) is 0 Å². The van der Waals surface area contributed by atoms with Crippen LogP contribution in [0.15, 0.2) is 69.6 Å². The molecule has 7 heteroatoms. The van der Waals surface area contributed by atoms with Crippen LogP contribution in [-0.4, -0.2) is 35.4 Å². The van der Waals surface area contributed by atoms with E-state index in [4.69, 9.17) is 11.0 Å². The summed E-state index contributed by atoms with van der Waals surface area (Å²) in [4.78, 5) is 23.4. The van der Waals surface area contributed by atoms with Gasteiger partial charge in [-0.1, -0.05) is 41.9 Å². The Labute approximate surface area is 225 Å². The van der Waals surface area contributed by atoms with Crippen LogP contribution >= 0.6 is 15.9 Å². The Hall–Kier alpha value is -3.47. The van der Waals surface area contributed by atoms with Gasteiger partial charge in [0.15, 0.2) is 11.3 Å². The normalized spacial score (nSPS) is 15.8. The zero-order chi connectivity index (χ0) is 25.9. The molecule has 0 saturated carbocycles. The fraction of sp³-hybridized carbons (Fsp3) is 0.300. The number of halogens is 1. The van der Waals surface area contributed by atoms with E-state index in [2.05, 4.69) is 74.1 Å². The number of rotatable bonds is 7. The van der Waals surface area contributed by atoms with Crippen molar-refractivity contribution in [1.29, 1.82) is 0 Å². The van der Waals surface area contributed by atoms with Gasteiger partial charge in [-0.25, -0.2) is 9.83 Å². The lowest BCUT2D eigenvalue weighted by molar-refractivity contribution is 0.0947. The molecule has 4 aromatic rings. The predicted octanol–water partition coefficient (Wildman–Crippen LogP) is 7.18. The fourth-order valence-corrected chi connectivity index (χ4v) is 5.10. The minimum absolute atomic E-state index is 0.0701. The minimum atomic E-state index is -0.0701. The second-order valence-corrected chi connectivity index (χ2v) is 10.9. The topological polar surface area (TPSA) is 62.7 Å². The predicted molar refractivity (Wildman–Crippen MR) is 150 cm³/mol. The van der Waals surface area contributed by atoms with Crippen LogP contribution in [0.25, 0.3) is 27.4 Å². The Balaban J connectivity index is 1.19. The smallest absolute Gasteiger partial charge is 0.251 e. The molecular formula is C30H29BrN4O2. The number of fused-ring (bicyclic) bond motifs is 1. The van der Waals surface area contributed by atoms with Crippen molar-refractivity contribution in [3.05, 3.63) is 93.2 Å². The Morgan fingerprint density at radius 1 is 1.19 bits per heavy atom. The summed E-state index contributed by atoms with van der Waals surface area (Å²) >= 11 is 3.49. The van der Waals surface area contributed by atoms with Gasteiger partial charge in [-0.3, -0.25) is 9.69 Å². The summed E-state index contributed by atoms with van der Waals surface area (Å²) in [6.45, 7) is 15.2. The average molecular weight is 557 g/mol. The van der Waals surface area contributed by atoms with Crippen LogP contribution < -0.4 is 5.32 Å². The van der Waals surface area contributed by atoms with Crippen molar-refractivity contribution in [1.82, 2.24) is 15.2 Å². The quantitative estimate of drug-likeness (QED) is 0.245. The number of carbonyl (C=O) groups is 1. The Kier molecular flexibility index (Phi) is 7.40. The largest absolute Gasteiger partial charge is 0.436 e. The first-order valence-corrected chi connectivity index (χ1v) is 13.4. The van der Waals surface area contributed by atoms with E-state index in [9.17, 15) is 4.79 Å². The number of aromatic nitrogens is 1. The number of oxazole rings is 1. The molecular weight excluding hydrogens is 528 g/mol. The highest BCUT2D eigenvalue weighted by atomic mass is 79.9. The van der Waals surface area contributed by atoms with Gasteiger partial charge in [0, 0.05) is 35.2 Å². The summed E-state index contributed by atoms with van der Waals surface area (Å²) in [7, 11) is 0. The molecule has 2 heterocycles. The highest BCUT2D eigenvalue weighted by Gasteiger charge is 2.23. The zero-order valence-electron chi connectivity index (χ0n) is 21.0. The van der Waals surface area contributed by atoms with Gasteiger partial charge in [0.05, 0.1) is 12.1 Å². The van der Waals surface area contributed by atoms with Crippen LogP contribution in [0.4, 0.5) is 5.69 Å². The molecule has 6 nitrogen and oxygen atoms in total. The third kappa shape index (κ3) is 5.76. The van der Waals surface area contributed by atoms with Crippen molar-refractivity contribution in [2.24, 2.45) is 5.92 Å². The van der Waals surface area contributed by atoms with Crippen LogP contribution in [0.1, 0.15) is 47.7 Å². The number of benzene rings is 3. The number of amides is 1.